The highest BCUT2D eigenvalue weighted by molar-refractivity contribution is 5.80. The van der Waals surface area contributed by atoms with Crippen molar-refractivity contribution in [3.05, 3.63) is 0 Å². The zero-order chi connectivity index (χ0) is 41.7. The molecule has 0 heterocycles. The van der Waals surface area contributed by atoms with Crippen LogP contribution in [0.5, 0.6) is 0 Å². The SMILES string of the molecule is CCCCCCCCCCCCCCCCCCCCCCCCCCCCCCCCCCC(O)C(=O)NC(CO)C(O)C(O)CCCCCCCCCCC. The minimum Gasteiger partial charge on any atom is -0.394 e. The fourth-order valence-electron chi connectivity index (χ4n) is 8.47. The van der Waals surface area contributed by atoms with Gasteiger partial charge in [-0.3, -0.25) is 4.79 Å². The Morgan fingerprint density at radius 1 is 0.368 bits per heavy atom. The molecule has 6 heteroatoms. The van der Waals surface area contributed by atoms with Gasteiger partial charge in [-0.1, -0.05) is 277 Å². The summed E-state index contributed by atoms with van der Waals surface area (Å²) in [7, 11) is 0. The lowest BCUT2D eigenvalue weighted by atomic mass is 9.99. The van der Waals surface area contributed by atoms with Crippen LogP contribution < -0.4 is 5.32 Å². The van der Waals surface area contributed by atoms with Crippen LogP contribution in [0.15, 0.2) is 0 Å². The first-order chi connectivity index (χ1) is 28.0. The summed E-state index contributed by atoms with van der Waals surface area (Å²) in [6, 6.07) is -0.978. The minimum atomic E-state index is -1.25. The number of rotatable bonds is 48. The molecule has 0 aliphatic carbocycles. The van der Waals surface area contributed by atoms with Gasteiger partial charge < -0.3 is 25.7 Å². The lowest BCUT2D eigenvalue weighted by Crippen LogP contribution is -2.53. The van der Waals surface area contributed by atoms with Gasteiger partial charge in [0.2, 0.25) is 5.91 Å². The summed E-state index contributed by atoms with van der Waals surface area (Å²) in [5.41, 5.74) is 0. The summed E-state index contributed by atoms with van der Waals surface area (Å²) in [4.78, 5) is 12.5. The Morgan fingerprint density at radius 3 is 0.842 bits per heavy atom. The maximum atomic E-state index is 12.5. The van der Waals surface area contributed by atoms with Crippen molar-refractivity contribution in [3.8, 4) is 0 Å². The van der Waals surface area contributed by atoms with E-state index in [1.165, 1.54) is 225 Å². The van der Waals surface area contributed by atoms with Crippen molar-refractivity contribution in [1.82, 2.24) is 5.32 Å². The van der Waals surface area contributed by atoms with E-state index in [4.69, 9.17) is 0 Å². The highest BCUT2D eigenvalue weighted by atomic mass is 16.3. The molecule has 0 spiro atoms. The average Bonchev–Trinajstić information content (AvgIpc) is 3.22. The number of aliphatic hydroxyl groups is 4. The van der Waals surface area contributed by atoms with Crippen LogP contribution in [-0.4, -0.2) is 57.3 Å². The smallest absolute Gasteiger partial charge is 0.249 e. The number of carbonyl (C=O) groups is 1. The zero-order valence-corrected chi connectivity index (χ0v) is 38.6. The lowest BCUT2D eigenvalue weighted by molar-refractivity contribution is -0.132. The summed E-state index contributed by atoms with van der Waals surface area (Å²) < 4.78 is 0. The summed E-state index contributed by atoms with van der Waals surface area (Å²) in [6.45, 7) is 4.04. The van der Waals surface area contributed by atoms with Gasteiger partial charge in [0.05, 0.1) is 18.8 Å². The Balaban J connectivity index is 3.47. The Hall–Kier alpha value is -0.690. The molecule has 57 heavy (non-hydrogen) atoms. The third-order valence-electron chi connectivity index (χ3n) is 12.6. The van der Waals surface area contributed by atoms with Crippen LogP contribution >= 0.6 is 0 Å². The number of carbonyl (C=O) groups excluding carboxylic acids is 1. The molecule has 0 radical (unpaired) electrons. The summed E-state index contributed by atoms with van der Waals surface area (Å²) in [5.74, 6) is -0.580. The molecule has 0 aliphatic heterocycles. The van der Waals surface area contributed by atoms with Gasteiger partial charge >= 0.3 is 0 Å². The van der Waals surface area contributed by atoms with E-state index in [9.17, 15) is 25.2 Å². The summed E-state index contributed by atoms with van der Waals surface area (Å²) >= 11 is 0. The quantitative estimate of drug-likeness (QED) is 0.0393. The van der Waals surface area contributed by atoms with Crippen molar-refractivity contribution in [2.75, 3.05) is 6.61 Å². The zero-order valence-electron chi connectivity index (χ0n) is 38.6. The van der Waals surface area contributed by atoms with Crippen molar-refractivity contribution in [1.29, 1.82) is 0 Å². The van der Waals surface area contributed by atoms with Crippen molar-refractivity contribution in [2.45, 2.75) is 314 Å². The first-order valence-corrected chi connectivity index (χ1v) is 25.9. The van der Waals surface area contributed by atoms with Crippen molar-refractivity contribution in [3.63, 3.8) is 0 Å². The van der Waals surface area contributed by atoms with Crippen molar-refractivity contribution >= 4 is 5.91 Å². The molecule has 5 N–H and O–H groups in total. The third-order valence-corrected chi connectivity index (χ3v) is 12.6. The number of unbranched alkanes of at least 4 members (excludes halogenated alkanes) is 39. The molecule has 0 saturated carbocycles. The lowest BCUT2D eigenvalue weighted by Gasteiger charge is -2.27. The second-order valence-electron chi connectivity index (χ2n) is 18.2. The van der Waals surface area contributed by atoms with Gasteiger partial charge in [0, 0.05) is 0 Å². The standard InChI is InChI=1S/C51H103NO5/c1-3-5-7-9-11-13-14-15-16-17-18-19-20-21-22-23-24-25-26-27-28-29-30-31-32-33-34-35-37-39-41-43-45-49(55)51(57)52-47(46-53)50(56)48(54)44-42-40-38-36-12-10-8-6-4-2/h47-50,53-56H,3-46H2,1-2H3,(H,52,57). The molecular formula is C51H103NO5. The molecule has 0 rings (SSSR count). The predicted octanol–water partition coefficient (Wildman–Crippen LogP) is 14.4. The first kappa shape index (κ1) is 56.3. The van der Waals surface area contributed by atoms with E-state index in [1.54, 1.807) is 0 Å². The highest BCUT2D eigenvalue weighted by Gasteiger charge is 2.28. The van der Waals surface area contributed by atoms with Crippen molar-refractivity contribution < 1.29 is 25.2 Å². The molecule has 0 aromatic rings. The maximum absolute atomic E-state index is 12.5. The second kappa shape index (κ2) is 46.4. The number of amides is 1. The monoisotopic (exact) mass is 810 g/mol. The summed E-state index contributed by atoms with van der Waals surface area (Å²) in [5, 5.41) is 43.6. The Labute approximate surface area is 356 Å². The largest absolute Gasteiger partial charge is 0.394 e. The van der Waals surface area contributed by atoms with E-state index in [0.717, 1.165) is 38.5 Å². The van der Waals surface area contributed by atoms with Gasteiger partial charge in [0.15, 0.2) is 0 Å². The van der Waals surface area contributed by atoms with Gasteiger partial charge in [0.25, 0.3) is 0 Å². The van der Waals surface area contributed by atoms with Gasteiger partial charge in [0.1, 0.15) is 12.2 Å². The molecule has 0 saturated heterocycles. The second-order valence-corrected chi connectivity index (χ2v) is 18.2. The van der Waals surface area contributed by atoms with E-state index in [1.807, 2.05) is 0 Å². The molecule has 342 valence electrons. The third kappa shape index (κ3) is 40.5. The molecule has 4 unspecified atom stereocenters. The molecule has 0 aliphatic rings. The van der Waals surface area contributed by atoms with E-state index >= 15 is 0 Å². The predicted molar refractivity (Wildman–Crippen MR) is 247 cm³/mol. The number of aliphatic hydroxyl groups excluding tert-OH is 4. The number of nitrogens with one attached hydrogen (secondary N) is 1. The molecule has 0 aromatic heterocycles. The van der Waals surface area contributed by atoms with Crippen molar-refractivity contribution in [2.24, 2.45) is 0 Å². The van der Waals surface area contributed by atoms with Crippen LogP contribution in [0.1, 0.15) is 290 Å². The van der Waals surface area contributed by atoms with Gasteiger partial charge in [-0.2, -0.15) is 0 Å². The fraction of sp³-hybridized carbons (Fsp3) is 0.980. The van der Waals surface area contributed by atoms with Gasteiger partial charge in [-0.15, -0.1) is 0 Å². The first-order valence-electron chi connectivity index (χ1n) is 25.9. The van der Waals surface area contributed by atoms with E-state index in [0.29, 0.717) is 12.8 Å². The van der Waals surface area contributed by atoms with Crippen LogP contribution in [-0.2, 0) is 4.79 Å². The molecule has 1 amide bonds. The Kier molecular flexibility index (Phi) is 45.8. The minimum absolute atomic E-state index is 0.376. The van der Waals surface area contributed by atoms with Crippen LogP contribution in [0.4, 0.5) is 0 Å². The Morgan fingerprint density at radius 2 is 0.596 bits per heavy atom. The molecule has 4 atom stereocenters. The molecule has 0 bridgehead atoms. The van der Waals surface area contributed by atoms with E-state index in [2.05, 4.69) is 19.2 Å². The fourth-order valence-corrected chi connectivity index (χ4v) is 8.47. The molecule has 0 aromatic carbocycles. The van der Waals surface area contributed by atoms with Gasteiger partial charge in [-0.05, 0) is 12.8 Å². The Bertz CT molecular complexity index is 781. The molecule has 6 nitrogen and oxygen atoms in total. The van der Waals surface area contributed by atoms with E-state index < -0.39 is 36.9 Å². The molecule has 0 fully saturated rings. The highest BCUT2D eigenvalue weighted by Crippen LogP contribution is 2.18. The van der Waals surface area contributed by atoms with E-state index in [-0.39, 0.29) is 0 Å². The van der Waals surface area contributed by atoms with Crippen LogP contribution in [0, 0.1) is 0 Å². The normalized spacial score (nSPS) is 13.9. The molecular weight excluding hydrogens is 707 g/mol. The summed E-state index contributed by atoms with van der Waals surface area (Å²) in [6.07, 6.45) is 51.9. The van der Waals surface area contributed by atoms with Crippen LogP contribution in [0.25, 0.3) is 0 Å². The van der Waals surface area contributed by atoms with Crippen LogP contribution in [0.3, 0.4) is 0 Å². The topological polar surface area (TPSA) is 110 Å². The average molecular weight is 810 g/mol. The maximum Gasteiger partial charge on any atom is 0.249 e. The van der Waals surface area contributed by atoms with Crippen LogP contribution in [0.2, 0.25) is 0 Å². The number of hydrogen-bond acceptors (Lipinski definition) is 5. The van der Waals surface area contributed by atoms with Gasteiger partial charge in [-0.25, -0.2) is 0 Å². The number of hydrogen-bond donors (Lipinski definition) is 5.